The van der Waals surface area contributed by atoms with Crippen LogP contribution in [0.2, 0.25) is 0 Å². The summed E-state index contributed by atoms with van der Waals surface area (Å²) in [6.07, 6.45) is -1.17. The molecule has 0 aromatic carbocycles. The average Bonchev–Trinajstić information content (AvgIpc) is 3.17. The van der Waals surface area contributed by atoms with Gasteiger partial charge in [0.05, 0.1) is 5.69 Å². The number of alkyl halides is 2. The van der Waals surface area contributed by atoms with E-state index >= 15 is 0 Å². The van der Waals surface area contributed by atoms with Crippen LogP contribution in [0.1, 0.15) is 48.2 Å². The third kappa shape index (κ3) is 3.83. The van der Waals surface area contributed by atoms with E-state index < -0.39 is 24.3 Å². The minimum atomic E-state index is -2.71. The Bertz CT molecular complexity index is 783. The highest BCUT2D eigenvalue weighted by Crippen LogP contribution is 2.22. The molecule has 10 heteroatoms. The lowest BCUT2D eigenvalue weighted by Gasteiger charge is -2.14. The van der Waals surface area contributed by atoms with E-state index in [1.165, 1.54) is 35.6 Å². The number of nitrogens with one attached hydrogen (secondary N) is 2. The Hall–Kier alpha value is -2.78. The highest BCUT2D eigenvalue weighted by atomic mass is 19.3. The zero-order valence-corrected chi connectivity index (χ0v) is 14.4. The average molecular weight is 354 g/mol. The molecule has 2 amide bonds. The molecule has 0 aliphatic rings. The third-order valence-corrected chi connectivity index (χ3v) is 3.70. The third-order valence-electron chi connectivity index (χ3n) is 3.70. The molecule has 25 heavy (non-hydrogen) atoms. The monoisotopic (exact) mass is 354 g/mol. The van der Waals surface area contributed by atoms with Crippen molar-refractivity contribution >= 4 is 17.5 Å². The second-order valence-electron chi connectivity index (χ2n) is 5.45. The summed E-state index contributed by atoms with van der Waals surface area (Å²) in [7, 11) is 1.46. The molecule has 2 N–H and O–H groups in total. The van der Waals surface area contributed by atoms with Gasteiger partial charge in [-0.05, 0) is 26.8 Å². The van der Waals surface area contributed by atoms with Crippen molar-refractivity contribution in [2.24, 2.45) is 0 Å². The molecule has 2 aromatic rings. The Kier molecular flexibility index (Phi) is 5.50. The van der Waals surface area contributed by atoms with Crippen LogP contribution < -0.4 is 10.6 Å². The predicted molar refractivity (Wildman–Crippen MR) is 86.6 cm³/mol. The number of amides is 2. The summed E-state index contributed by atoms with van der Waals surface area (Å²) < 4.78 is 28.3. The molecule has 0 radical (unpaired) electrons. The lowest BCUT2D eigenvalue weighted by Crippen LogP contribution is -2.27. The van der Waals surface area contributed by atoms with Gasteiger partial charge in [0.25, 0.3) is 12.3 Å². The van der Waals surface area contributed by atoms with Crippen LogP contribution in [0.15, 0.2) is 12.3 Å². The highest BCUT2D eigenvalue weighted by molar-refractivity contribution is 6.02. The van der Waals surface area contributed by atoms with Gasteiger partial charge in [-0.1, -0.05) is 0 Å². The van der Waals surface area contributed by atoms with Crippen LogP contribution in [0, 0.1) is 6.92 Å². The lowest BCUT2D eigenvalue weighted by molar-refractivity contribution is -0.119. The van der Waals surface area contributed by atoms with Crippen molar-refractivity contribution in [3.8, 4) is 0 Å². The van der Waals surface area contributed by atoms with Gasteiger partial charge in [0.15, 0.2) is 5.69 Å². The Morgan fingerprint density at radius 1 is 1.32 bits per heavy atom. The van der Waals surface area contributed by atoms with Crippen LogP contribution in [-0.4, -0.2) is 38.4 Å². The lowest BCUT2D eigenvalue weighted by atomic mass is 10.2. The molecule has 0 aliphatic carbocycles. The van der Waals surface area contributed by atoms with E-state index in [1.807, 2.05) is 6.92 Å². The Morgan fingerprint density at radius 3 is 2.52 bits per heavy atom. The van der Waals surface area contributed by atoms with Crippen molar-refractivity contribution in [3.63, 3.8) is 0 Å². The van der Waals surface area contributed by atoms with Crippen molar-refractivity contribution in [3.05, 3.63) is 29.3 Å². The molecular formula is C15H20F2N6O2. The van der Waals surface area contributed by atoms with Crippen molar-refractivity contribution in [2.45, 2.75) is 39.8 Å². The first-order chi connectivity index (χ1) is 11.8. The smallest absolute Gasteiger partial charge is 0.282 e. The number of aryl methyl sites for hydroxylation is 2. The van der Waals surface area contributed by atoms with Crippen molar-refractivity contribution in [1.82, 2.24) is 24.9 Å². The topological polar surface area (TPSA) is 93.8 Å². The van der Waals surface area contributed by atoms with E-state index in [-0.39, 0.29) is 17.1 Å². The van der Waals surface area contributed by atoms with Gasteiger partial charge in [-0.2, -0.15) is 10.2 Å². The van der Waals surface area contributed by atoms with Crippen molar-refractivity contribution in [1.29, 1.82) is 0 Å². The number of nitrogens with zero attached hydrogens (tertiary/aromatic N) is 4. The van der Waals surface area contributed by atoms with E-state index in [1.54, 1.807) is 6.92 Å². The van der Waals surface area contributed by atoms with Crippen molar-refractivity contribution < 1.29 is 18.4 Å². The second-order valence-corrected chi connectivity index (χ2v) is 5.45. The summed E-state index contributed by atoms with van der Waals surface area (Å²) in [5.41, 5.74) is 0.378. The molecule has 8 nitrogen and oxygen atoms in total. The maximum Gasteiger partial charge on any atom is 0.282 e. The Balaban J connectivity index is 2.24. The molecule has 1 unspecified atom stereocenters. The van der Waals surface area contributed by atoms with Crippen LogP contribution in [0.25, 0.3) is 0 Å². The second kappa shape index (κ2) is 7.41. The summed E-state index contributed by atoms with van der Waals surface area (Å²) in [5, 5.41) is 12.9. The molecule has 0 saturated heterocycles. The first-order valence-corrected chi connectivity index (χ1v) is 7.73. The fourth-order valence-electron chi connectivity index (χ4n) is 2.32. The number of carbonyl (C=O) groups is 2. The summed E-state index contributed by atoms with van der Waals surface area (Å²) in [4.78, 5) is 24.4. The molecule has 0 spiro atoms. The van der Waals surface area contributed by atoms with Crippen LogP contribution >= 0.6 is 0 Å². The van der Waals surface area contributed by atoms with Gasteiger partial charge in [0.1, 0.15) is 11.7 Å². The minimum Gasteiger partial charge on any atom is -0.354 e. The summed E-state index contributed by atoms with van der Waals surface area (Å²) in [5.74, 6) is -0.932. The first-order valence-electron chi connectivity index (χ1n) is 7.73. The fourth-order valence-corrected chi connectivity index (χ4v) is 2.32. The van der Waals surface area contributed by atoms with Crippen LogP contribution in [0.3, 0.4) is 0 Å². The molecule has 2 rings (SSSR count). The van der Waals surface area contributed by atoms with Gasteiger partial charge in [-0.3, -0.25) is 19.0 Å². The van der Waals surface area contributed by atoms with Crippen LogP contribution in [0.4, 0.5) is 14.5 Å². The maximum absolute atomic E-state index is 12.8. The molecule has 136 valence electrons. The molecule has 2 aromatic heterocycles. The molecule has 0 saturated carbocycles. The number of hydrogen-bond donors (Lipinski definition) is 2. The van der Waals surface area contributed by atoms with Gasteiger partial charge in [0, 0.05) is 25.5 Å². The molecular weight excluding hydrogens is 334 g/mol. The molecule has 1 atom stereocenters. The molecule has 0 aliphatic heterocycles. The molecule has 2 heterocycles. The highest BCUT2D eigenvalue weighted by Gasteiger charge is 2.24. The van der Waals surface area contributed by atoms with Crippen LogP contribution in [-0.2, 0) is 11.3 Å². The molecule has 0 bridgehead atoms. The van der Waals surface area contributed by atoms with Crippen LogP contribution in [0.5, 0.6) is 0 Å². The van der Waals surface area contributed by atoms with E-state index in [0.717, 1.165) is 0 Å². The predicted octanol–water partition coefficient (Wildman–Crippen LogP) is 1.90. The van der Waals surface area contributed by atoms with E-state index in [0.29, 0.717) is 12.2 Å². The SMILES string of the molecule is CCn1cc(NC(=O)C(C)n2nc(C(F)F)cc2C)c(C(=O)NC)n1. The first kappa shape index (κ1) is 18.6. The fraction of sp³-hybridized carbons (Fsp3) is 0.467. The maximum atomic E-state index is 12.8. The van der Waals surface area contributed by atoms with Crippen molar-refractivity contribution in [2.75, 3.05) is 12.4 Å². The van der Waals surface area contributed by atoms with Gasteiger partial charge < -0.3 is 10.6 Å². The summed E-state index contributed by atoms with van der Waals surface area (Å²) in [6.45, 7) is 5.49. The summed E-state index contributed by atoms with van der Waals surface area (Å²) in [6, 6.07) is 0.398. The number of aromatic nitrogens is 4. The molecule has 0 fully saturated rings. The number of carbonyl (C=O) groups excluding carboxylic acids is 2. The normalized spacial score (nSPS) is 12.3. The van der Waals surface area contributed by atoms with E-state index in [4.69, 9.17) is 0 Å². The number of anilines is 1. The Labute approximate surface area is 143 Å². The summed E-state index contributed by atoms with van der Waals surface area (Å²) >= 11 is 0. The zero-order valence-electron chi connectivity index (χ0n) is 14.4. The largest absolute Gasteiger partial charge is 0.354 e. The zero-order chi connectivity index (χ0) is 18.7. The van der Waals surface area contributed by atoms with E-state index in [9.17, 15) is 18.4 Å². The van der Waals surface area contributed by atoms with Gasteiger partial charge >= 0.3 is 0 Å². The van der Waals surface area contributed by atoms with Gasteiger partial charge in [-0.15, -0.1) is 0 Å². The van der Waals surface area contributed by atoms with Gasteiger partial charge in [0.2, 0.25) is 5.91 Å². The number of halogens is 2. The number of rotatable bonds is 6. The standard InChI is InChI=1S/C15H20F2N6O2/c1-5-22-7-11(12(21-22)15(25)18-4)19-14(24)9(3)23-8(2)6-10(20-23)13(16)17/h6-7,9,13H,5H2,1-4H3,(H,18,25)(H,19,24). The number of hydrogen-bond acceptors (Lipinski definition) is 4. The Morgan fingerprint density at radius 2 is 2.00 bits per heavy atom. The quantitative estimate of drug-likeness (QED) is 0.828. The van der Waals surface area contributed by atoms with E-state index in [2.05, 4.69) is 20.8 Å². The van der Waals surface area contributed by atoms with Gasteiger partial charge in [-0.25, -0.2) is 8.78 Å². The minimum absolute atomic E-state index is 0.0790.